The number of nitrogens with zero attached hydrogens (tertiary/aromatic N) is 1. The van der Waals surface area contributed by atoms with Crippen LogP contribution in [0.3, 0.4) is 0 Å². The summed E-state index contributed by atoms with van der Waals surface area (Å²) in [5.41, 5.74) is 0. The SMILES string of the molecule is O=C(O)[C@H](CCO)NC(=O)N(CCO)C1CC1. The second kappa shape index (κ2) is 6.41. The van der Waals surface area contributed by atoms with Crippen molar-refractivity contribution in [3.8, 4) is 0 Å². The molecule has 0 bridgehead atoms. The number of nitrogens with one attached hydrogen (secondary N) is 1. The number of aliphatic hydroxyl groups excluding tert-OH is 2. The fourth-order valence-electron chi connectivity index (χ4n) is 1.56. The largest absolute Gasteiger partial charge is 0.480 e. The highest BCUT2D eigenvalue weighted by Gasteiger charge is 2.33. The van der Waals surface area contributed by atoms with Crippen LogP contribution < -0.4 is 5.32 Å². The summed E-state index contributed by atoms with van der Waals surface area (Å²) in [6.07, 6.45) is 1.73. The summed E-state index contributed by atoms with van der Waals surface area (Å²) in [6, 6.07) is -1.49. The second-order valence-corrected chi connectivity index (χ2v) is 4.00. The molecule has 0 aromatic rings. The molecular weight excluding hydrogens is 228 g/mol. The van der Waals surface area contributed by atoms with Crippen molar-refractivity contribution in [1.29, 1.82) is 0 Å². The zero-order valence-electron chi connectivity index (χ0n) is 9.50. The number of urea groups is 1. The third-order valence-electron chi connectivity index (χ3n) is 2.60. The zero-order chi connectivity index (χ0) is 12.8. The molecule has 1 aliphatic rings. The van der Waals surface area contributed by atoms with E-state index in [1.807, 2.05) is 0 Å². The Morgan fingerprint density at radius 2 is 1.94 bits per heavy atom. The Labute approximate surface area is 99.0 Å². The molecule has 2 amide bonds. The number of carboxylic acid groups (broad SMARTS) is 1. The Hall–Kier alpha value is -1.34. The molecular formula is C10H18N2O5. The lowest BCUT2D eigenvalue weighted by Gasteiger charge is -2.24. The average molecular weight is 246 g/mol. The van der Waals surface area contributed by atoms with Crippen LogP contribution in [0.25, 0.3) is 0 Å². The standard InChI is InChI=1S/C10H18N2O5/c13-5-3-8(9(15)16)11-10(17)12(4-6-14)7-1-2-7/h7-8,13-14H,1-6H2,(H,11,17)(H,15,16)/t8-/m0/s1. The minimum absolute atomic E-state index is 0.0291. The summed E-state index contributed by atoms with van der Waals surface area (Å²) < 4.78 is 0. The maximum atomic E-state index is 11.8. The summed E-state index contributed by atoms with van der Waals surface area (Å²) >= 11 is 0. The normalized spacial score (nSPS) is 16.4. The van der Waals surface area contributed by atoms with Gasteiger partial charge in [-0.25, -0.2) is 9.59 Å². The van der Waals surface area contributed by atoms with Crippen LogP contribution in [0.15, 0.2) is 0 Å². The Morgan fingerprint density at radius 3 is 2.35 bits per heavy atom. The highest BCUT2D eigenvalue weighted by atomic mass is 16.4. The lowest BCUT2D eigenvalue weighted by molar-refractivity contribution is -0.139. The quantitative estimate of drug-likeness (QED) is 0.460. The molecule has 1 fully saturated rings. The fraction of sp³-hybridized carbons (Fsp3) is 0.800. The number of carboxylic acids is 1. The summed E-state index contributed by atoms with van der Waals surface area (Å²) in [6.45, 7) is -0.260. The van der Waals surface area contributed by atoms with Crippen LogP contribution in [0, 0.1) is 0 Å². The predicted octanol–water partition coefficient (Wildman–Crippen LogP) is -1.01. The van der Waals surface area contributed by atoms with Crippen LogP contribution in [0.5, 0.6) is 0 Å². The molecule has 0 radical (unpaired) electrons. The van der Waals surface area contributed by atoms with E-state index in [0.29, 0.717) is 0 Å². The van der Waals surface area contributed by atoms with Crippen LogP contribution in [0.2, 0.25) is 0 Å². The molecule has 1 atom stereocenters. The van der Waals surface area contributed by atoms with Crippen molar-refractivity contribution in [1.82, 2.24) is 10.2 Å². The molecule has 0 saturated heterocycles. The number of hydrogen-bond donors (Lipinski definition) is 4. The molecule has 98 valence electrons. The van der Waals surface area contributed by atoms with E-state index >= 15 is 0 Å². The van der Waals surface area contributed by atoms with Gasteiger partial charge in [0.25, 0.3) is 0 Å². The van der Waals surface area contributed by atoms with Gasteiger partial charge in [0.2, 0.25) is 0 Å². The molecule has 4 N–H and O–H groups in total. The van der Waals surface area contributed by atoms with Crippen LogP contribution in [0.4, 0.5) is 4.79 Å². The van der Waals surface area contributed by atoms with Gasteiger partial charge in [-0.05, 0) is 12.8 Å². The van der Waals surface area contributed by atoms with Crippen LogP contribution in [0.1, 0.15) is 19.3 Å². The van der Waals surface area contributed by atoms with E-state index < -0.39 is 18.0 Å². The smallest absolute Gasteiger partial charge is 0.326 e. The molecule has 7 heteroatoms. The number of rotatable bonds is 7. The van der Waals surface area contributed by atoms with Gasteiger partial charge in [-0.15, -0.1) is 0 Å². The van der Waals surface area contributed by atoms with E-state index in [1.165, 1.54) is 4.90 Å². The number of hydrogen-bond acceptors (Lipinski definition) is 4. The third kappa shape index (κ3) is 4.20. The maximum Gasteiger partial charge on any atom is 0.326 e. The average Bonchev–Trinajstić information content (AvgIpc) is 3.08. The Bertz CT molecular complexity index is 280. The summed E-state index contributed by atoms with van der Waals surface area (Å²) in [7, 11) is 0. The topological polar surface area (TPSA) is 110 Å². The molecule has 1 aliphatic carbocycles. The van der Waals surface area contributed by atoms with E-state index in [4.69, 9.17) is 15.3 Å². The number of aliphatic carboxylic acids is 1. The first kappa shape index (κ1) is 13.7. The highest BCUT2D eigenvalue weighted by Crippen LogP contribution is 2.26. The highest BCUT2D eigenvalue weighted by molar-refractivity contribution is 5.82. The molecule has 0 aromatic carbocycles. The van der Waals surface area contributed by atoms with Crippen molar-refractivity contribution >= 4 is 12.0 Å². The van der Waals surface area contributed by atoms with Crippen molar-refractivity contribution in [3.05, 3.63) is 0 Å². The molecule has 0 heterocycles. The van der Waals surface area contributed by atoms with Crippen LogP contribution in [-0.4, -0.2) is 64.1 Å². The van der Waals surface area contributed by atoms with Gasteiger partial charge in [0.1, 0.15) is 6.04 Å². The Balaban J connectivity index is 2.51. The summed E-state index contributed by atoms with van der Waals surface area (Å²) in [4.78, 5) is 24.0. The van der Waals surface area contributed by atoms with Crippen molar-refractivity contribution < 1.29 is 24.9 Å². The minimum Gasteiger partial charge on any atom is -0.480 e. The molecule has 17 heavy (non-hydrogen) atoms. The van der Waals surface area contributed by atoms with Gasteiger partial charge in [-0.1, -0.05) is 0 Å². The van der Waals surface area contributed by atoms with Crippen LogP contribution >= 0.6 is 0 Å². The number of aliphatic hydroxyl groups is 2. The maximum absolute atomic E-state index is 11.8. The molecule has 7 nitrogen and oxygen atoms in total. The first-order valence-corrected chi connectivity index (χ1v) is 5.61. The van der Waals surface area contributed by atoms with Crippen molar-refractivity contribution in [2.45, 2.75) is 31.3 Å². The van der Waals surface area contributed by atoms with E-state index in [-0.39, 0.29) is 32.2 Å². The predicted molar refractivity (Wildman–Crippen MR) is 58.5 cm³/mol. The lowest BCUT2D eigenvalue weighted by Crippen LogP contribution is -2.49. The van der Waals surface area contributed by atoms with Gasteiger partial charge in [0.05, 0.1) is 6.61 Å². The minimum atomic E-state index is -1.17. The van der Waals surface area contributed by atoms with Gasteiger partial charge >= 0.3 is 12.0 Å². The van der Waals surface area contributed by atoms with Gasteiger partial charge < -0.3 is 25.5 Å². The summed E-state index contributed by atoms with van der Waals surface area (Å²) in [5.74, 6) is -1.17. The van der Waals surface area contributed by atoms with E-state index in [9.17, 15) is 9.59 Å². The van der Waals surface area contributed by atoms with Crippen molar-refractivity contribution in [3.63, 3.8) is 0 Å². The van der Waals surface area contributed by atoms with Gasteiger partial charge in [-0.3, -0.25) is 0 Å². The number of carbonyl (C=O) groups is 2. The first-order chi connectivity index (χ1) is 8.10. The monoisotopic (exact) mass is 246 g/mol. The van der Waals surface area contributed by atoms with Crippen molar-refractivity contribution in [2.24, 2.45) is 0 Å². The number of amides is 2. The van der Waals surface area contributed by atoms with Crippen molar-refractivity contribution in [2.75, 3.05) is 19.8 Å². The fourth-order valence-corrected chi connectivity index (χ4v) is 1.56. The number of carbonyl (C=O) groups excluding carboxylic acids is 1. The molecule has 0 unspecified atom stereocenters. The molecule has 0 aliphatic heterocycles. The van der Waals surface area contributed by atoms with Gasteiger partial charge in [0.15, 0.2) is 0 Å². The third-order valence-corrected chi connectivity index (χ3v) is 2.60. The molecule has 0 aromatic heterocycles. The zero-order valence-corrected chi connectivity index (χ0v) is 9.50. The van der Waals surface area contributed by atoms with E-state index in [1.54, 1.807) is 0 Å². The second-order valence-electron chi connectivity index (χ2n) is 4.00. The van der Waals surface area contributed by atoms with E-state index in [2.05, 4.69) is 5.32 Å². The Kier molecular flexibility index (Phi) is 5.17. The van der Waals surface area contributed by atoms with Gasteiger partial charge in [0, 0.05) is 25.6 Å². The molecule has 1 rings (SSSR count). The Morgan fingerprint density at radius 1 is 1.29 bits per heavy atom. The van der Waals surface area contributed by atoms with Crippen LogP contribution in [-0.2, 0) is 4.79 Å². The molecule has 0 spiro atoms. The first-order valence-electron chi connectivity index (χ1n) is 5.61. The lowest BCUT2D eigenvalue weighted by atomic mass is 10.2. The van der Waals surface area contributed by atoms with Gasteiger partial charge in [-0.2, -0.15) is 0 Å². The molecule has 1 saturated carbocycles. The van der Waals surface area contributed by atoms with E-state index in [0.717, 1.165) is 12.8 Å². The summed E-state index contributed by atoms with van der Waals surface area (Å²) in [5, 5.41) is 28.7.